The Bertz CT molecular complexity index is 1210. The second-order valence-electron chi connectivity index (χ2n) is 6.11. The van der Waals surface area contributed by atoms with Gasteiger partial charge in [0.15, 0.2) is 0 Å². The zero-order valence-electron chi connectivity index (χ0n) is 15.8. The number of carbonyl (C=O) groups excluding carboxylic acids is 1. The Morgan fingerprint density at radius 3 is 2.72 bits per heavy atom. The van der Waals surface area contributed by atoms with Gasteiger partial charge in [0.2, 0.25) is 5.88 Å². The molecule has 0 unspecified atom stereocenters. The molecule has 0 saturated heterocycles. The fourth-order valence-electron chi connectivity index (χ4n) is 2.66. The maximum atomic E-state index is 13.2. The van der Waals surface area contributed by atoms with E-state index in [0.29, 0.717) is 12.2 Å². The minimum atomic E-state index is -0.614. The van der Waals surface area contributed by atoms with Crippen molar-refractivity contribution in [3.05, 3.63) is 75.5 Å². The quantitative estimate of drug-likeness (QED) is 0.532. The summed E-state index contributed by atoms with van der Waals surface area (Å²) in [6, 6.07) is 10.5. The molecule has 0 radical (unpaired) electrons. The van der Waals surface area contributed by atoms with E-state index in [4.69, 9.17) is 4.74 Å². The molecule has 0 saturated carbocycles. The van der Waals surface area contributed by atoms with Crippen LogP contribution in [0, 0.1) is 24.1 Å². The predicted molar refractivity (Wildman–Crippen MR) is 105 cm³/mol. The van der Waals surface area contributed by atoms with Gasteiger partial charge in [-0.15, -0.1) is 0 Å². The molecular weight excluding hydrogens is 375 g/mol. The molecule has 7 nitrogen and oxygen atoms in total. The van der Waals surface area contributed by atoms with Gasteiger partial charge in [-0.3, -0.25) is 14.0 Å². The van der Waals surface area contributed by atoms with Crippen LogP contribution in [0.5, 0.6) is 11.6 Å². The molecule has 1 aromatic carbocycles. The maximum absolute atomic E-state index is 13.2. The van der Waals surface area contributed by atoms with E-state index in [1.54, 1.807) is 32.0 Å². The number of fused-ring (bicyclic) bond motifs is 1. The number of carbonyl (C=O) groups is 1. The van der Waals surface area contributed by atoms with Crippen molar-refractivity contribution in [2.24, 2.45) is 0 Å². The van der Waals surface area contributed by atoms with Crippen LogP contribution in [-0.2, 0) is 4.79 Å². The van der Waals surface area contributed by atoms with Crippen molar-refractivity contribution in [1.82, 2.24) is 14.7 Å². The van der Waals surface area contributed by atoms with Crippen molar-refractivity contribution in [1.29, 1.82) is 5.26 Å². The summed E-state index contributed by atoms with van der Waals surface area (Å²) in [4.78, 5) is 29.6. The third-order valence-electron chi connectivity index (χ3n) is 4.07. The number of amides is 1. The van der Waals surface area contributed by atoms with Crippen molar-refractivity contribution in [3.63, 3.8) is 0 Å². The number of hydrogen-bond acceptors (Lipinski definition) is 5. The number of likely N-dealkylation sites (N-methyl/N-ethyl adjacent to an activating group) is 1. The Morgan fingerprint density at radius 2 is 2.07 bits per heavy atom. The molecular formula is C21H17FN4O3. The number of pyridine rings is 1. The highest BCUT2D eigenvalue weighted by Gasteiger charge is 2.17. The smallest absolute Gasteiger partial charge is 0.269 e. The molecule has 0 bridgehead atoms. The van der Waals surface area contributed by atoms with E-state index >= 15 is 0 Å². The van der Waals surface area contributed by atoms with Crippen LogP contribution in [0.15, 0.2) is 53.0 Å². The van der Waals surface area contributed by atoms with Crippen LogP contribution >= 0.6 is 0 Å². The van der Waals surface area contributed by atoms with Crippen LogP contribution < -0.4 is 15.6 Å². The molecule has 2 aromatic heterocycles. The minimum Gasteiger partial charge on any atom is -0.438 e. The number of ether oxygens (including phenoxy) is 1. The number of nitrogens with one attached hydrogen (secondary N) is 1. The molecule has 2 heterocycles. The first kappa shape index (κ1) is 19.8. The van der Waals surface area contributed by atoms with Crippen LogP contribution in [-0.4, -0.2) is 21.8 Å². The van der Waals surface area contributed by atoms with Crippen molar-refractivity contribution >= 4 is 17.6 Å². The summed E-state index contributed by atoms with van der Waals surface area (Å²) in [5.74, 6) is -0.894. The average Bonchev–Trinajstić information content (AvgIpc) is 2.70. The van der Waals surface area contributed by atoms with Crippen LogP contribution in [0.1, 0.15) is 18.1 Å². The normalized spacial score (nSPS) is 11.2. The predicted octanol–water partition coefficient (Wildman–Crippen LogP) is 2.98. The Morgan fingerprint density at radius 1 is 1.34 bits per heavy atom. The molecule has 1 N–H and O–H groups in total. The summed E-state index contributed by atoms with van der Waals surface area (Å²) in [6.07, 6.45) is 2.68. The lowest BCUT2D eigenvalue weighted by Gasteiger charge is -2.11. The van der Waals surface area contributed by atoms with Crippen molar-refractivity contribution in [2.75, 3.05) is 6.54 Å². The van der Waals surface area contributed by atoms with E-state index in [1.165, 1.54) is 34.9 Å². The Balaban J connectivity index is 2.24. The SMILES string of the molecule is CCNC(=O)/C(C#N)=C/c1c(Oc2ccc(F)cc2)nc2c(C)cccn2c1=O. The number of hydrogen-bond donors (Lipinski definition) is 1. The number of benzene rings is 1. The summed E-state index contributed by atoms with van der Waals surface area (Å²) in [7, 11) is 0. The number of nitrogens with zero attached hydrogens (tertiary/aromatic N) is 3. The Labute approximate surface area is 165 Å². The van der Waals surface area contributed by atoms with Crippen LogP contribution in [0.3, 0.4) is 0 Å². The molecule has 1 amide bonds. The molecule has 146 valence electrons. The van der Waals surface area contributed by atoms with E-state index in [9.17, 15) is 19.2 Å². The van der Waals surface area contributed by atoms with Crippen molar-refractivity contribution in [3.8, 4) is 17.7 Å². The molecule has 0 fully saturated rings. The van der Waals surface area contributed by atoms with Gasteiger partial charge >= 0.3 is 0 Å². The second kappa shape index (κ2) is 8.35. The Hall–Kier alpha value is -3.99. The number of aryl methyl sites for hydroxylation is 1. The van der Waals surface area contributed by atoms with E-state index in [1.807, 2.05) is 0 Å². The standard InChI is InChI=1S/C21H17FN4O3/c1-3-24-19(27)14(12-23)11-17-20(29-16-8-6-15(22)7-9-16)25-18-13(2)5-4-10-26(18)21(17)28/h4-11H,3H2,1-2H3,(H,24,27)/b14-11+. The third kappa shape index (κ3) is 4.14. The van der Waals surface area contributed by atoms with E-state index in [0.717, 1.165) is 11.6 Å². The zero-order chi connectivity index (χ0) is 21.0. The van der Waals surface area contributed by atoms with Gasteiger partial charge in [-0.2, -0.15) is 10.2 Å². The molecule has 0 aliphatic carbocycles. The lowest BCUT2D eigenvalue weighted by atomic mass is 10.1. The minimum absolute atomic E-state index is 0.0692. The fraction of sp³-hybridized carbons (Fsp3) is 0.143. The number of nitriles is 1. The maximum Gasteiger partial charge on any atom is 0.269 e. The summed E-state index contributed by atoms with van der Waals surface area (Å²) in [5.41, 5.74) is 0.256. The van der Waals surface area contributed by atoms with E-state index in [-0.39, 0.29) is 22.8 Å². The van der Waals surface area contributed by atoms with E-state index < -0.39 is 17.3 Å². The van der Waals surface area contributed by atoms with Crippen molar-refractivity contribution < 1.29 is 13.9 Å². The molecule has 8 heteroatoms. The molecule has 0 atom stereocenters. The largest absolute Gasteiger partial charge is 0.438 e. The highest BCUT2D eigenvalue weighted by molar-refractivity contribution is 6.01. The summed E-state index contributed by atoms with van der Waals surface area (Å²) in [5, 5.41) is 11.9. The van der Waals surface area contributed by atoms with Gasteiger partial charge in [0.05, 0.1) is 0 Å². The molecule has 3 rings (SSSR count). The van der Waals surface area contributed by atoms with Gasteiger partial charge in [0, 0.05) is 12.7 Å². The fourth-order valence-corrected chi connectivity index (χ4v) is 2.66. The first-order valence-corrected chi connectivity index (χ1v) is 8.80. The van der Waals surface area contributed by atoms with Gasteiger partial charge in [-0.05, 0) is 55.8 Å². The van der Waals surface area contributed by atoms with Gasteiger partial charge < -0.3 is 10.1 Å². The molecule has 0 spiro atoms. The zero-order valence-corrected chi connectivity index (χ0v) is 15.8. The summed E-state index contributed by atoms with van der Waals surface area (Å²) >= 11 is 0. The molecule has 0 aliphatic rings. The van der Waals surface area contributed by atoms with Gasteiger partial charge in [0.1, 0.15) is 34.4 Å². The van der Waals surface area contributed by atoms with Crippen molar-refractivity contribution in [2.45, 2.75) is 13.8 Å². The highest BCUT2D eigenvalue weighted by atomic mass is 19.1. The van der Waals surface area contributed by atoms with Crippen LogP contribution in [0.4, 0.5) is 4.39 Å². The Kier molecular flexibility index (Phi) is 5.69. The second-order valence-corrected chi connectivity index (χ2v) is 6.11. The molecule has 0 aliphatic heterocycles. The first-order chi connectivity index (χ1) is 13.9. The first-order valence-electron chi connectivity index (χ1n) is 8.80. The number of halogens is 1. The third-order valence-corrected chi connectivity index (χ3v) is 4.07. The molecule has 3 aromatic rings. The molecule has 29 heavy (non-hydrogen) atoms. The summed E-state index contributed by atoms with van der Waals surface area (Å²) in [6.45, 7) is 3.82. The van der Waals surface area contributed by atoms with Gasteiger partial charge in [-0.25, -0.2) is 4.39 Å². The van der Waals surface area contributed by atoms with Gasteiger partial charge in [0.25, 0.3) is 11.5 Å². The van der Waals surface area contributed by atoms with Gasteiger partial charge in [-0.1, -0.05) is 6.07 Å². The lowest BCUT2D eigenvalue weighted by Crippen LogP contribution is -2.25. The lowest BCUT2D eigenvalue weighted by molar-refractivity contribution is -0.116. The number of aromatic nitrogens is 2. The monoisotopic (exact) mass is 392 g/mol. The van der Waals surface area contributed by atoms with Crippen LogP contribution in [0.2, 0.25) is 0 Å². The van der Waals surface area contributed by atoms with Crippen LogP contribution in [0.25, 0.3) is 11.7 Å². The van der Waals surface area contributed by atoms with E-state index in [2.05, 4.69) is 10.3 Å². The average molecular weight is 392 g/mol. The summed E-state index contributed by atoms with van der Waals surface area (Å²) < 4.78 is 20.2. The highest BCUT2D eigenvalue weighted by Crippen LogP contribution is 2.24. The number of rotatable bonds is 5. The topological polar surface area (TPSA) is 96.5 Å².